The summed E-state index contributed by atoms with van der Waals surface area (Å²) in [6, 6.07) is 3.70. The Bertz CT molecular complexity index is 334. The molecule has 0 bridgehead atoms. The molecular formula is C11H15F2NO. The molecule has 0 unspecified atom stereocenters. The van der Waals surface area contributed by atoms with Gasteiger partial charge in [-0.15, -0.1) is 0 Å². The van der Waals surface area contributed by atoms with Crippen LogP contribution in [0.5, 0.6) is 0 Å². The first-order valence-electron chi connectivity index (χ1n) is 4.69. The Morgan fingerprint density at radius 2 is 1.93 bits per heavy atom. The van der Waals surface area contributed by atoms with Crippen molar-refractivity contribution >= 4 is 0 Å². The second-order valence-electron chi connectivity index (χ2n) is 4.23. The second-order valence-corrected chi connectivity index (χ2v) is 4.23. The van der Waals surface area contributed by atoms with E-state index in [2.05, 4.69) is 0 Å². The van der Waals surface area contributed by atoms with Crippen molar-refractivity contribution < 1.29 is 13.5 Å². The molecule has 0 aliphatic carbocycles. The van der Waals surface area contributed by atoms with Gasteiger partial charge in [0.2, 0.25) is 0 Å². The summed E-state index contributed by atoms with van der Waals surface area (Å²) in [5.41, 5.74) is 5.87. The quantitative estimate of drug-likeness (QED) is 0.835. The Balaban J connectivity index is 2.48. The first kappa shape index (κ1) is 12.1. The summed E-state index contributed by atoms with van der Waals surface area (Å²) in [5, 5.41) is 0. The van der Waals surface area contributed by atoms with Crippen LogP contribution in [-0.2, 0) is 11.3 Å². The number of hydrogen-bond donors (Lipinski definition) is 1. The molecule has 0 aromatic heterocycles. The van der Waals surface area contributed by atoms with Crippen molar-refractivity contribution in [1.82, 2.24) is 0 Å². The molecule has 0 atom stereocenters. The van der Waals surface area contributed by atoms with Crippen molar-refractivity contribution in [2.45, 2.75) is 26.0 Å². The Kier molecular flexibility index (Phi) is 3.77. The van der Waals surface area contributed by atoms with Gasteiger partial charge in [0.15, 0.2) is 11.6 Å². The first-order chi connectivity index (χ1) is 6.88. The Hall–Kier alpha value is -1.00. The highest BCUT2D eigenvalue weighted by atomic mass is 19.2. The second kappa shape index (κ2) is 4.68. The van der Waals surface area contributed by atoms with Crippen molar-refractivity contribution in [3.05, 3.63) is 35.4 Å². The Morgan fingerprint density at radius 3 is 2.47 bits per heavy atom. The van der Waals surface area contributed by atoms with E-state index in [-0.39, 0.29) is 6.61 Å². The summed E-state index contributed by atoms with van der Waals surface area (Å²) < 4.78 is 30.6. The molecule has 84 valence electrons. The maximum atomic E-state index is 12.8. The summed E-state index contributed by atoms with van der Waals surface area (Å²) in [5.74, 6) is -1.71. The van der Waals surface area contributed by atoms with Gasteiger partial charge in [-0.1, -0.05) is 6.07 Å². The molecule has 2 N–H and O–H groups in total. The molecule has 0 aliphatic rings. The van der Waals surface area contributed by atoms with E-state index >= 15 is 0 Å². The van der Waals surface area contributed by atoms with Gasteiger partial charge in [-0.2, -0.15) is 0 Å². The molecular weight excluding hydrogens is 200 g/mol. The lowest BCUT2D eigenvalue weighted by molar-refractivity contribution is 0.0849. The van der Waals surface area contributed by atoms with E-state index in [1.54, 1.807) is 0 Å². The summed E-state index contributed by atoms with van der Waals surface area (Å²) in [4.78, 5) is 0. The monoisotopic (exact) mass is 215 g/mol. The Morgan fingerprint density at radius 1 is 1.27 bits per heavy atom. The number of nitrogens with two attached hydrogens (primary N) is 1. The first-order valence-corrected chi connectivity index (χ1v) is 4.69. The van der Waals surface area contributed by atoms with Crippen molar-refractivity contribution in [2.24, 2.45) is 5.73 Å². The van der Waals surface area contributed by atoms with E-state index in [1.165, 1.54) is 6.07 Å². The lowest BCUT2D eigenvalue weighted by Gasteiger charge is -2.18. The van der Waals surface area contributed by atoms with Crippen LogP contribution in [-0.4, -0.2) is 12.1 Å². The smallest absolute Gasteiger partial charge is 0.159 e. The van der Waals surface area contributed by atoms with Crippen LogP contribution in [0.1, 0.15) is 19.4 Å². The fraction of sp³-hybridized carbons (Fsp3) is 0.455. The number of ether oxygens (including phenoxy) is 1. The molecule has 0 fully saturated rings. The minimum atomic E-state index is -0.858. The fourth-order valence-corrected chi connectivity index (χ4v) is 1.06. The van der Waals surface area contributed by atoms with E-state index in [0.29, 0.717) is 12.2 Å². The third-order valence-corrected chi connectivity index (χ3v) is 1.73. The maximum absolute atomic E-state index is 12.8. The molecule has 0 radical (unpaired) electrons. The predicted octanol–water partition coefficient (Wildman–Crippen LogP) is 2.22. The normalized spacial score (nSPS) is 11.8. The molecule has 0 saturated heterocycles. The van der Waals surface area contributed by atoms with E-state index in [0.717, 1.165) is 12.1 Å². The lowest BCUT2D eigenvalue weighted by atomic mass is 10.1. The van der Waals surface area contributed by atoms with Gasteiger partial charge in [0.1, 0.15) is 0 Å². The summed E-state index contributed by atoms with van der Waals surface area (Å²) in [6.45, 7) is 4.26. The van der Waals surface area contributed by atoms with Gasteiger partial charge in [-0.05, 0) is 31.5 Å². The van der Waals surface area contributed by atoms with Crippen molar-refractivity contribution in [3.8, 4) is 0 Å². The highest BCUT2D eigenvalue weighted by Gasteiger charge is 2.10. The minimum Gasteiger partial charge on any atom is -0.375 e. The van der Waals surface area contributed by atoms with Crippen LogP contribution in [0.3, 0.4) is 0 Å². The fourth-order valence-electron chi connectivity index (χ4n) is 1.06. The third-order valence-electron chi connectivity index (χ3n) is 1.73. The van der Waals surface area contributed by atoms with Gasteiger partial charge in [-0.25, -0.2) is 8.78 Å². The van der Waals surface area contributed by atoms with Crippen molar-refractivity contribution in [2.75, 3.05) is 6.61 Å². The molecule has 0 aliphatic heterocycles. The summed E-state index contributed by atoms with van der Waals surface area (Å²) in [7, 11) is 0. The number of rotatable bonds is 4. The molecule has 1 rings (SSSR count). The van der Waals surface area contributed by atoms with Gasteiger partial charge >= 0.3 is 0 Å². The van der Waals surface area contributed by atoms with Crippen LogP contribution >= 0.6 is 0 Å². The van der Waals surface area contributed by atoms with E-state index in [1.807, 2.05) is 13.8 Å². The number of halogens is 2. The summed E-state index contributed by atoms with van der Waals surface area (Å²) in [6.07, 6.45) is 0. The SMILES string of the molecule is CC(C)(N)COCc1ccc(F)c(F)c1. The average Bonchev–Trinajstić information content (AvgIpc) is 2.09. The highest BCUT2D eigenvalue weighted by molar-refractivity contribution is 5.16. The lowest BCUT2D eigenvalue weighted by Crippen LogP contribution is -2.37. The van der Waals surface area contributed by atoms with Crippen LogP contribution in [0.2, 0.25) is 0 Å². The number of benzene rings is 1. The van der Waals surface area contributed by atoms with Crippen LogP contribution in [0.4, 0.5) is 8.78 Å². The molecule has 0 heterocycles. The van der Waals surface area contributed by atoms with Gasteiger partial charge in [-0.3, -0.25) is 0 Å². The minimum absolute atomic E-state index is 0.234. The Labute approximate surface area is 88.0 Å². The zero-order valence-electron chi connectivity index (χ0n) is 8.89. The largest absolute Gasteiger partial charge is 0.375 e. The molecule has 4 heteroatoms. The van der Waals surface area contributed by atoms with Crippen LogP contribution in [0.15, 0.2) is 18.2 Å². The van der Waals surface area contributed by atoms with E-state index in [4.69, 9.17) is 10.5 Å². The zero-order chi connectivity index (χ0) is 11.5. The van der Waals surface area contributed by atoms with Gasteiger partial charge in [0.05, 0.1) is 13.2 Å². The van der Waals surface area contributed by atoms with Crippen LogP contribution in [0, 0.1) is 11.6 Å². The average molecular weight is 215 g/mol. The van der Waals surface area contributed by atoms with Gasteiger partial charge in [0.25, 0.3) is 0 Å². The number of hydrogen-bond acceptors (Lipinski definition) is 2. The van der Waals surface area contributed by atoms with Gasteiger partial charge < -0.3 is 10.5 Å². The molecule has 2 nitrogen and oxygen atoms in total. The van der Waals surface area contributed by atoms with Crippen molar-refractivity contribution in [3.63, 3.8) is 0 Å². The molecule has 15 heavy (non-hydrogen) atoms. The standard InChI is InChI=1S/C11H15F2NO/c1-11(2,14)7-15-6-8-3-4-9(12)10(13)5-8/h3-5H,6-7,14H2,1-2H3. The van der Waals surface area contributed by atoms with E-state index < -0.39 is 17.2 Å². The molecule has 0 saturated carbocycles. The topological polar surface area (TPSA) is 35.2 Å². The molecule has 1 aromatic carbocycles. The highest BCUT2D eigenvalue weighted by Crippen LogP contribution is 2.10. The molecule has 1 aromatic rings. The molecule has 0 spiro atoms. The summed E-state index contributed by atoms with van der Waals surface area (Å²) >= 11 is 0. The van der Waals surface area contributed by atoms with Crippen molar-refractivity contribution in [1.29, 1.82) is 0 Å². The van der Waals surface area contributed by atoms with Gasteiger partial charge in [0, 0.05) is 5.54 Å². The zero-order valence-corrected chi connectivity index (χ0v) is 8.89. The van der Waals surface area contributed by atoms with Crippen LogP contribution in [0.25, 0.3) is 0 Å². The molecule has 0 amide bonds. The van der Waals surface area contributed by atoms with Crippen LogP contribution < -0.4 is 5.73 Å². The third kappa shape index (κ3) is 4.36. The van der Waals surface area contributed by atoms with E-state index in [9.17, 15) is 8.78 Å². The maximum Gasteiger partial charge on any atom is 0.159 e. The predicted molar refractivity (Wildman–Crippen MR) is 54.3 cm³/mol.